The summed E-state index contributed by atoms with van der Waals surface area (Å²) >= 11 is 0. The third-order valence-electron chi connectivity index (χ3n) is 4.97. The molecule has 4 aromatic rings. The number of carbonyl (C=O) groups is 1. The van der Waals surface area contributed by atoms with E-state index in [0.29, 0.717) is 22.6 Å². The van der Waals surface area contributed by atoms with E-state index in [1.165, 1.54) is 6.07 Å². The number of benzene rings is 2. The molecule has 11 heteroatoms. The Labute approximate surface area is 193 Å². The molecule has 0 saturated carbocycles. The lowest BCUT2D eigenvalue weighted by atomic mass is 10.1. The zero-order valence-corrected chi connectivity index (χ0v) is 18.6. The summed E-state index contributed by atoms with van der Waals surface area (Å²) < 4.78 is 62.4. The predicted octanol–water partition coefficient (Wildman–Crippen LogP) is 4.76. The Bertz CT molecular complexity index is 1480. The second-order valence-electron chi connectivity index (χ2n) is 7.59. The van der Waals surface area contributed by atoms with E-state index in [2.05, 4.69) is 10.3 Å². The van der Waals surface area contributed by atoms with Crippen molar-refractivity contribution >= 4 is 27.2 Å². The van der Waals surface area contributed by atoms with Crippen LogP contribution in [0.15, 0.2) is 78.0 Å². The first-order valence-corrected chi connectivity index (χ1v) is 11.9. The minimum absolute atomic E-state index is 0.220. The van der Waals surface area contributed by atoms with E-state index in [1.54, 1.807) is 54.1 Å². The Morgan fingerprint density at radius 1 is 1.00 bits per heavy atom. The summed E-state index contributed by atoms with van der Waals surface area (Å²) in [5.41, 5.74) is 3.83. The molecule has 0 spiro atoms. The van der Waals surface area contributed by atoms with Gasteiger partial charge in [0.05, 0.1) is 16.8 Å². The van der Waals surface area contributed by atoms with Crippen molar-refractivity contribution in [1.29, 1.82) is 0 Å². The molecule has 0 aliphatic rings. The van der Waals surface area contributed by atoms with Crippen molar-refractivity contribution in [2.75, 3.05) is 18.1 Å². The molecule has 2 aromatic heterocycles. The number of rotatable bonds is 5. The number of hydrogen-bond donors (Lipinski definition) is 2. The maximum Gasteiger partial charge on any atom is 0.405 e. The van der Waals surface area contributed by atoms with Crippen molar-refractivity contribution in [2.45, 2.75) is 11.1 Å². The van der Waals surface area contributed by atoms with Gasteiger partial charge in [0.15, 0.2) is 9.84 Å². The van der Waals surface area contributed by atoms with Crippen LogP contribution in [0.25, 0.3) is 28.0 Å². The number of nitrogens with zero attached hydrogens (tertiary/aromatic N) is 2. The number of carbonyl (C=O) groups excluding carboxylic acids is 1. The van der Waals surface area contributed by atoms with Crippen LogP contribution in [0.1, 0.15) is 0 Å². The fourth-order valence-corrected chi connectivity index (χ4v) is 4.06. The third kappa shape index (κ3) is 5.37. The lowest BCUT2D eigenvalue weighted by molar-refractivity contribution is -0.122. The highest BCUT2D eigenvalue weighted by Gasteiger charge is 2.27. The monoisotopic (exact) mass is 488 g/mol. The van der Waals surface area contributed by atoms with Crippen LogP contribution < -0.4 is 10.6 Å². The number of hydrogen-bond acceptors (Lipinski definition) is 4. The molecule has 2 N–H and O–H groups in total. The Hall–Kier alpha value is -3.86. The van der Waals surface area contributed by atoms with Gasteiger partial charge in [-0.1, -0.05) is 24.3 Å². The quantitative estimate of drug-likeness (QED) is 0.424. The lowest BCUT2D eigenvalue weighted by Gasteiger charge is -2.11. The molecule has 176 valence electrons. The van der Waals surface area contributed by atoms with Gasteiger partial charge in [0.2, 0.25) is 0 Å². The first-order chi connectivity index (χ1) is 16.0. The number of anilines is 1. The molecule has 0 aliphatic carbocycles. The van der Waals surface area contributed by atoms with Crippen molar-refractivity contribution < 1.29 is 26.4 Å². The number of pyridine rings is 1. The highest BCUT2D eigenvalue weighted by molar-refractivity contribution is 7.90. The molecule has 0 unspecified atom stereocenters. The molecular formula is C23H19F3N4O3S. The Kier molecular flexibility index (Phi) is 6.05. The second kappa shape index (κ2) is 8.82. The maximum atomic E-state index is 12.3. The van der Waals surface area contributed by atoms with Gasteiger partial charge in [-0.25, -0.2) is 18.2 Å². The largest absolute Gasteiger partial charge is 0.405 e. The number of nitrogens with one attached hydrogen (secondary N) is 2. The zero-order chi connectivity index (χ0) is 24.5. The van der Waals surface area contributed by atoms with E-state index in [1.807, 2.05) is 22.6 Å². The average molecular weight is 488 g/mol. The van der Waals surface area contributed by atoms with Gasteiger partial charge in [0.25, 0.3) is 0 Å². The van der Waals surface area contributed by atoms with Crippen molar-refractivity contribution in [3.63, 3.8) is 0 Å². The van der Waals surface area contributed by atoms with Crippen molar-refractivity contribution in [2.24, 2.45) is 0 Å². The van der Waals surface area contributed by atoms with Crippen LogP contribution in [0.4, 0.5) is 23.7 Å². The minimum atomic E-state index is -4.50. The standard InChI is InChI=1S/C23H19F3N4O3S/c1-34(32,33)19-7-3-4-15(11-19)16-8-9-30-20(13-27-21(30)12-16)17-5-2-6-18(10-17)29-22(31)28-14-23(24,25)26/h2-13H,14H2,1H3,(H2,28,29,31). The average Bonchev–Trinajstić information content (AvgIpc) is 3.20. The summed E-state index contributed by atoms with van der Waals surface area (Å²) in [5, 5.41) is 4.14. The van der Waals surface area contributed by atoms with Crippen LogP contribution in [-0.4, -0.2) is 42.8 Å². The number of aromatic nitrogens is 2. The molecule has 34 heavy (non-hydrogen) atoms. The van der Waals surface area contributed by atoms with Gasteiger partial charge < -0.3 is 10.6 Å². The smallest absolute Gasteiger partial charge is 0.329 e. The van der Waals surface area contributed by atoms with Crippen LogP contribution in [0.2, 0.25) is 0 Å². The highest BCUT2D eigenvalue weighted by Crippen LogP contribution is 2.28. The SMILES string of the molecule is CS(=O)(=O)c1cccc(-c2ccn3c(-c4cccc(NC(=O)NCC(F)(F)F)c4)cnc3c2)c1. The normalized spacial score (nSPS) is 12.0. The van der Waals surface area contributed by atoms with Crippen LogP contribution in [0.5, 0.6) is 0 Å². The zero-order valence-electron chi connectivity index (χ0n) is 17.8. The molecular weight excluding hydrogens is 469 g/mol. The topological polar surface area (TPSA) is 92.6 Å². The van der Waals surface area contributed by atoms with Crippen LogP contribution in [0, 0.1) is 0 Å². The molecule has 0 bridgehead atoms. The van der Waals surface area contributed by atoms with E-state index >= 15 is 0 Å². The number of alkyl halides is 3. The lowest BCUT2D eigenvalue weighted by Crippen LogP contribution is -2.36. The predicted molar refractivity (Wildman–Crippen MR) is 122 cm³/mol. The summed E-state index contributed by atoms with van der Waals surface area (Å²) in [6.07, 6.45) is 0.0743. The molecule has 0 aliphatic heterocycles. The van der Waals surface area contributed by atoms with Gasteiger partial charge in [-0.05, 0) is 47.5 Å². The van der Waals surface area contributed by atoms with Crippen LogP contribution in [-0.2, 0) is 9.84 Å². The molecule has 0 atom stereocenters. The van der Waals surface area contributed by atoms with E-state index in [4.69, 9.17) is 0 Å². The van der Waals surface area contributed by atoms with Crippen LogP contribution in [0.3, 0.4) is 0 Å². The molecule has 0 fully saturated rings. The molecule has 2 heterocycles. The number of urea groups is 1. The molecule has 0 saturated heterocycles. The van der Waals surface area contributed by atoms with Gasteiger partial charge in [0.1, 0.15) is 12.2 Å². The van der Waals surface area contributed by atoms with Crippen molar-refractivity contribution in [1.82, 2.24) is 14.7 Å². The first-order valence-electron chi connectivity index (χ1n) is 9.99. The summed E-state index contributed by atoms with van der Waals surface area (Å²) in [4.78, 5) is 16.4. The van der Waals surface area contributed by atoms with Crippen LogP contribution >= 0.6 is 0 Å². The minimum Gasteiger partial charge on any atom is -0.329 e. The summed E-state index contributed by atoms with van der Waals surface area (Å²) in [6, 6.07) is 15.9. The van der Waals surface area contributed by atoms with Crippen molar-refractivity contribution in [3.8, 4) is 22.4 Å². The molecule has 4 rings (SSSR count). The van der Waals surface area contributed by atoms with E-state index in [9.17, 15) is 26.4 Å². The summed E-state index contributed by atoms with van der Waals surface area (Å²) in [6.45, 7) is -1.43. The highest BCUT2D eigenvalue weighted by atomic mass is 32.2. The number of imidazole rings is 1. The van der Waals surface area contributed by atoms with Crippen molar-refractivity contribution in [3.05, 3.63) is 73.1 Å². The van der Waals surface area contributed by atoms with Gasteiger partial charge in [0, 0.05) is 23.7 Å². The molecule has 2 amide bonds. The first kappa shape index (κ1) is 23.3. The molecule has 0 radical (unpaired) electrons. The number of amides is 2. The third-order valence-corrected chi connectivity index (χ3v) is 6.08. The van der Waals surface area contributed by atoms with E-state index in [0.717, 1.165) is 17.4 Å². The van der Waals surface area contributed by atoms with Gasteiger partial charge in [-0.3, -0.25) is 4.40 Å². The maximum absolute atomic E-state index is 12.3. The van der Waals surface area contributed by atoms with Gasteiger partial charge >= 0.3 is 12.2 Å². The van der Waals surface area contributed by atoms with E-state index in [-0.39, 0.29) is 4.90 Å². The summed E-state index contributed by atoms with van der Waals surface area (Å²) in [7, 11) is -3.34. The fraction of sp³-hybridized carbons (Fsp3) is 0.130. The Balaban J connectivity index is 1.60. The summed E-state index contributed by atoms with van der Waals surface area (Å²) in [5.74, 6) is 0. The molecule has 7 nitrogen and oxygen atoms in total. The second-order valence-corrected chi connectivity index (χ2v) is 9.61. The fourth-order valence-electron chi connectivity index (χ4n) is 3.39. The Morgan fingerprint density at radius 2 is 1.71 bits per heavy atom. The van der Waals surface area contributed by atoms with E-state index < -0.39 is 28.6 Å². The number of halogens is 3. The number of sulfone groups is 1. The van der Waals surface area contributed by atoms with Gasteiger partial charge in [-0.15, -0.1) is 0 Å². The van der Waals surface area contributed by atoms with Gasteiger partial charge in [-0.2, -0.15) is 13.2 Å². The molecule has 2 aromatic carbocycles. The Morgan fingerprint density at radius 3 is 2.44 bits per heavy atom. The number of fused-ring (bicyclic) bond motifs is 1.